The summed E-state index contributed by atoms with van der Waals surface area (Å²) in [5.41, 5.74) is 3.18. The van der Waals surface area contributed by atoms with Crippen LogP contribution in [-0.2, 0) is 9.53 Å². The molecule has 5 nitrogen and oxygen atoms in total. The molecule has 2 aromatic rings. The normalized spacial score (nSPS) is 10.3. The number of rotatable bonds is 8. The number of esters is 1. The average Bonchev–Trinajstić information content (AvgIpc) is 2.63. The highest BCUT2D eigenvalue weighted by molar-refractivity contribution is 5.95. The zero-order chi connectivity index (χ0) is 18.9. The molecule has 0 atom stereocenters. The number of ether oxygens (including phenoxy) is 2. The van der Waals surface area contributed by atoms with Crippen molar-refractivity contribution in [3.8, 4) is 5.75 Å². The van der Waals surface area contributed by atoms with Crippen molar-refractivity contribution in [2.75, 3.05) is 18.5 Å². The quantitative estimate of drug-likeness (QED) is 0.567. The lowest BCUT2D eigenvalue weighted by Gasteiger charge is -2.10. The van der Waals surface area contributed by atoms with Crippen LogP contribution in [0.25, 0.3) is 0 Å². The summed E-state index contributed by atoms with van der Waals surface area (Å²) in [6.45, 7) is 6.32. The van der Waals surface area contributed by atoms with Gasteiger partial charge in [0.15, 0.2) is 6.61 Å². The fourth-order valence-electron chi connectivity index (χ4n) is 2.38. The van der Waals surface area contributed by atoms with Crippen LogP contribution in [-0.4, -0.2) is 25.1 Å². The van der Waals surface area contributed by atoms with E-state index < -0.39 is 5.97 Å². The Labute approximate surface area is 154 Å². The number of hydrogen-bond acceptors (Lipinski definition) is 4. The van der Waals surface area contributed by atoms with Crippen LogP contribution >= 0.6 is 0 Å². The fourth-order valence-corrected chi connectivity index (χ4v) is 2.38. The Morgan fingerprint density at radius 1 is 1.04 bits per heavy atom. The Morgan fingerprint density at radius 2 is 1.77 bits per heavy atom. The van der Waals surface area contributed by atoms with E-state index >= 15 is 0 Å². The highest BCUT2D eigenvalue weighted by atomic mass is 16.5. The fraction of sp³-hybridized carbons (Fsp3) is 0.333. The minimum absolute atomic E-state index is 0.332. The summed E-state index contributed by atoms with van der Waals surface area (Å²) in [4.78, 5) is 24.0. The summed E-state index contributed by atoms with van der Waals surface area (Å²) in [5, 5.41) is 2.75. The van der Waals surface area contributed by atoms with Crippen LogP contribution < -0.4 is 10.1 Å². The van der Waals surface area contributed by atoms with E-state index in [-0.39, 0.29) is 12.5 Å². The van der Waals surface area contributed by atoms with Gasteiger partial charge in [0.2, 0.25) is 0 Å². The molecule has 0 saturated carbocycles. The summed E-state index contributed by atoms with van der Waals surface area (Å²) < 4.78 is 10.6. The molecule has 0 aromatic heterocycles. The highest BCUT2D eigenvalue weighted by Gasteiger charge is 2.11. The number of benzene rings is 2. The molecular weight excluding hydrogens is 330 g/mol. The van der Waals surface area contributed by atoms with Gasteiger partial charge in [-0.2, -0.15) is 0 Å². The number of amides is 1. The molecule has 0 fully saturated rings. The molecule has 0 aliphatic heterocycles. The van der Waals surface area contributed by atoms with Crippen LogP contribution in [0.3, 0.4) is 0 Å². The predicted octanol–water partition coefficient (Wildman–Crippen LogP) is 4.28. The first-order valence-electron chi connectivity index (χ1n) is 8.76. The van der Waals surface area contributed by atoms with Crippen LogP contribution in [0.2, 0.25) is 0 Å². The Kier molecular flexibility index (Phi) is 7.21. The Hall–Kier alpha value is -2.82. The number of carbonyl (C=O) groups is 2. The van der Waals surface area contributed by atoms with Gasteiger partial charge in [-0.25, -0.2) is 4.79 Å². The predicted molar refractivity (Wildman–Crippen MR) is 102 cm³/mol. The van der Waals surface area contributed by atoms with Gasteiger partial charge >= 0.3 is 5.97 Å². The lowest BCUT2D eigenvalue weighted by atomic mass is 10.1. The van der Waals surface area contributed by atoms with Crippen molar-refractivity contribution in [3.05, 3.63) is 59.2 Å². The van der Waals surface area contributed by atoms with Crippen LogP contribution in [0, 0.1) is 13.8 Å². The number of hydrogen-bond donors (Lipinski definition) is 1. The van der Waals surface area contributed by atoms with Gasteiger partial charge in [0.1, 0.15) is 5.75 Å². The molecule has 2 rings (SSSR count). The largest absolute Gasteiger partial charge is 0.494 e. The average molecular weight is 355 g/mol. The molecule has 1 amide bonds. The van der Waals surface area contributed by atoms with E-state index in [9.17, 15) is 9.59 Å². The van der Waals surface area contributed by atoms with Crippen molar-refractivity contribution in [1.82, 2.24) is 0 Å². The molecule has 1 N–H and O–H groups in total. The lowest BCUT2D eigenvalue weighted by Crippen LogP contribution is -2.21. The molecule has 0 radical (unpaired) electrons. The van der Waals surface area contributed by atoms with Gasteiger partial charge in [0.25, 0.3) is 5.91 Å². The van der Waals surface area contributed by atoms with Crippen molar-refractivity contribution in [1.29, 1.82) is 0 Å². The smallest absolute Gasteiger partial charge is 0.338 e. The second-order valence-corrected chi connectivity index (χ2v) is 6.17. The number of unbranched alkanes of at least 4 members (excludes halogenated alkanes) is 1. The summed E-state index contributed by atoms with van der Waals surface area (Å²) in [6, 6.07) is 12.4. The topological polar surface area (TPSA) is 64.6 Å². The third-order valence-electron chi connectivity index (χ3n) is 3.85. The van der Waals surface area contributed by atoms with E-state index in [2.05, 4.69) is 12.2 Å². The van der Waals surface area contributed by atoms with Crippen LogP contribution in [0.5, 0.6) is 5.75 Å². The number of nitrogens with one attached hydrogen (secondary N) is 1. The van der Waals surface area contributed by atoms with Crippen molar-refractivity contribution >= 4 is 17.6 Å². The molecule has 0 aliphatic rings. The first-order valence-corrected chi connectivity index (χ1v) is 8.76. The molecule has 138 valence electrons. The third kappa shape index (κ3) is 5.92. The molecule has 0 bridgehead atoms. The van der Waals surface area contributed by atoms with Crippen molar-refractivity contribution in [2.24, 2.45) is 0 Å². The summed E-state index contributed by atoms with van der Waals surface area (Å²) in [7, 11) is 0. The Morgan fingerprint density at radius 3 is 2.42 bits per heavy atom. The molecular formula is C21H25NO4. The molecule has 0 aliphatic carbocycles. The van der Waals surface area contributed by atoms with Crippen molar-refractivity contribution in [2.45, 2.75) is 33.6 Å². The van der Waals surface area contributed by atoms with Crippen LogP contribution in [0.4, 0.5) is 5.69 Å². The maximum Gasteiger partial charge on any atom is 0.338 e. The van der Waals surface area contributed by atoms with E-state index in [4.69, 9.17) is 9.47 Å². The molecule has 5 heteroatoms. The molecule has 0 spiro atoms. The maximum atomic E-state index is 12.0. The summed E-state index contributed by atoms with van der Waals surface area (Å²) >= 11 is 0. The van der Waals surface area contributed by atoms with Gasteiger partial charge in [0, 0.05) is 5.69 Å². The second kappa shape index (κ2) is 9.61. The summed E-state index contributed by atoms with van der Waals surface area (Å²) in [6.07, 6.45) is 2.05. The van der Waals surface area contributed by atoms with E-state index in [1.165, 1.54) is 0 Å². The first kappa shape index (κ1) is 19.5. The minimum atomic E-state index is -0.541. The Balaban J connectivity index is 1.82. The SMILES string of the molecule is CCCCOc1ccc(C(=O)OCC(=O)Nc2ccc(C)cc2C)cc1. The minimum Gasteiger partial charge on any atom is -0.494 e. The standard InChI is InChI=1S/C21H25NO4/c1-4-5-12-25-18-9-7-17(8-10-18)21(24)26-14-20(23)22-19-11-6-15(2)13-16(19)3/h6-11,13H,4-5,12,14H2,1-3H3,(H,22,23). The van der Waals surface area contributed by atoms with Gasteiger partial charge in [-0.1, -0.05) is 31.0 Å². The van der Waals surface area contributed by atoms with Crippen molar-refractivity contribution < 1.29 is 19.1 Å². The second-order valence-electron chi connectivity index (χ2n) is 6.17. The molecule has 26 heavy (non-hydrogen) atoms. The van der Waals surface area contributed by atoms with E-state index in [0.717, 1.165) is 24.0 Å². The third-order valence-corrected chi connectivity index (χ3v) is 3.85. The first-order chi connectivity index (χ1) is 12.5. The van der Waals surface area contributed by atoms with E-state index in [0.29, 0.717) is 23.6 Å². The molecule has 2 aromatic carbocycles. The van der Waals surface area contributed by atoms with Crippen LogP contribution in [0.15, 0.2) is 42.5 Å². The molecule has 0 unspecified atom stereocenters. The van der Waals surface area contributed by atoms with Gasteiger partial charge in [-0.3, -0.25) is 4.79 Å². The van der Waals surface area contributed by atoms with Gasteiger partial charge in [-0.15, -0.1) is 0 Å². The van der Waals surface area contributed by atoms with Gasteiger partial charge in [0.05, 0.1) is 12.2 Å². The maximum absolute atomic E-state index is 12.0. The zero-order valence-corrected chi connectivity index (χ0v) is 15.5. The van der Waals surface area contributed by atoms with Crippen molar-refractivity contribution in [3.63, 3.8) is 0 Å². The summed E-state index contributed by atoms with van der Waals surface area (Å²) in [5.74, 6) is -0.201. The highest BCUT2D eigenvalue weighted by Crippen LogP contribution is 2.16. The van der Waals surface area contributed by atoms with E-state index in [1.54, 1.807) is 24.3 Å². The number of carbonyl (C=O) groups excluding carboxylic acids is 2. The van der Waals surface area contributed by atoms with Gasteiger partial charge < -0.3 is 14.8 Å². The Bertz CT molecular complexity index is 753. The van der Waals surface area contributed by atoms with Gasteiger partial charge in [-0.05, 0) is 56.2 Å². The number of anilines is 1. The zero-order valence-electron chi connectivity index (χ0n) is 15.5. The number of aryl methyl sites for hydroxylation is 2. The lowest BCUT2D eigenvalue weighted by molar-refractivity contribution is -0.119. The molecule has 0 heterocycles. The molecule has 0 saturated heterocycles. The monoisotopic (exact) mass is 355 g/mol. The van der Waals surface area contributed by atoms with Crippen LogP contribution in [0.1, 0.15) is 41.3 Å². The van der Waals surface area contributed by atoms with E-state index in [1.807, 2.05) is 32.0 Å².